The van der Waals surface area contributed by atoms with E-state index in [2.05, 4.69) is 31.3 Å². The smallest absolute Gasteiger partial charge is 0.220 e. The van der Waals surface area contributed by atoms with Crippen LogP contribution in [-0.4, -0.2) is 34.9 Å². The fourth-order valence-corrected chi connectivity index (χ4v) is 6.41. The van der Waals surface area contributed by atoms with Gasteiger partial charge in [-0.05, 0) is 44.9 Å². The van der Waals surface area contributed by atoms with Crippen molar-refractivity contribution in [2.24, 2.45) is 0 Å². The van der Waals surface area contributed by atoms with E-state index in [1.54, 1.807) is 6.08 Å². The van der Waals surface area contributed by atoms with Crippen LogP contribution in [0, 0.1) is 0 Å². The van der Waals surface area contributed by atoms with Crippen molar-refractivity contribution in [1.82, 2.24) is 5.32 Å². The van der Waals surface area contributed by atoms with Crippen molar-refractivity contribution in [3.05, 3.63) is 24.3 Å². The molecule has 47 heavy (non-hydrogen) atoms. The minimum Gasteiger partial charge on any atom is -0.394 e. The number of carbonyl (C=O) groups excluding carboxylic acids is 1. The molecule has 3 N–H and O–H groups in total. The van der Waals surface area contributed by atoms with E-state index in [4.69, 9.17) is 0 Å². The maximum absolute atomic E-state index is 12.3. The number of allylic oxidation sites excluding steroid dienone is 3. The number of rotatable bonds is 38. The highest BCUT2D eigenvalue weighted by atomic mass is 16.3. The third-order valence-corrected chi connectivity index (χ3v) is 9.68. The summed E-state index contributed by atoms with van der Waals surface area (Å²) < 4.78 is 0. The van der Waals surface area contributed by atoms with E-state index < -0.39 is 12.1 Å². The van der Waals surface area contributed by atoms with Crippen molar-refractivity contribution < 1.29 is 15.0 Å². The summed E-state index contributed by atoms with van der Waals surface area (Å²) >= 11 is 0. The molecule has 4 nitrogen and oxygen atoms in total. The molecule has 0 aromatic carbocycles. The van der Waals surface area contributed by atoms with Crippen molar-refractivity contribution in [3.8, 4) is 0 Å². The van der Waals surface area contributed by atoms with Crippen LogP contribution in [0.15, 0.2) is 24.3 Å². The van der Waals surface area contributed by atoms with Gasteiger partial charge in [0, 0.05) is 6.42 Å². The van der Waals surface area contributed by atoms with Crippen molar-refractivity contribution in [2.45, 2.75) is 238 Å². The lowest BCUT2D eigenvalue weighted by molar-refractivity contribution is -0.123. The molecule has 278 valence electrons. The van der Waals surface area contributed by atoms with Crippen molar-refractivity contribution >= 4 is 5.91 Å². The Hall–Kier alpha value is -1.13. The van der Waals surface area contributed by atoms with E-state index in [-0.39, 0.29) is 12.5 Å². The number of aliphatic hydroxyl groups is 2. The average Bonchev–Trinajstić information content (AvgIpc) is 3.07. The zero-order valence-corrected chi connectivity index (χ0v) is 31.8. The van der Waals surface area contributed by atoms with Crippen LogP contribution >= 0.6 is 0 Å². The number of aliphatic hydroxyl groups excluding tert-OH is 2. The van der Waals surface area contributed by atoms with E-state index in [0.717, 1.165) is 25.7 Å². The van der Waals surface area contributed by atoms with Gasteiger partial charge in [0.25, 0.3) is 0 Å². The number of hydrogen-bond acceptors (Lipinski definition) is 3. The van der Waals surface area contributed by atoms with Crippen LogP contribution < -0.4 is 5.32 Å². The van der Waals surface area contributed by atoms with Crippen LogP contribution in [0.3, 0.4) is 0 Å². The number of nitrogens with one attached hydrogen (secondary N) is 1. The first kappa shape index (κ1) is 45.9. The predicted octanol–water partition coefficient (Wildman–Crippen LogP) is 12.8. The van der Waals surface area contributed by atoms with Crippen LogP contribution in [-0.2, 0) is 4.79 Å². The van der Waals surface area contributed by atoms with E-state index in [1.807, 2.05) is 6.08 Å². The molecule has 0 bridgehead atoms. The summed E-state index contributed by atoms with van der Waals surface area (Å²) in [4.78, 5) is 12.3. The minimum atomic E-state index is -0.837. The zero-order valence-electron chi connectivity index (χ0n) is 31.8. The van der Waals surface area contributed by atoms with Gasteiger partial charge >= 0.3 is 0 Å². The van der Waals surface area contributed by atoms with E-state index in [0.29, 0.717) is 6.42 Å². The molecular formula is C43H83NO3. The van der Waals surface area contributed by atoms with E-state index in [9.17, 15) is 15.0 Å². The Bertz CT molecular complexity index is 676. The highest BCUT2D eigenvalue weighted by Crippen LogP contribution is 2.14. The van der Waals surface area contributed by atoms with Crippen LogP contribution in [0.2, 0.25) is 0 Å². The van der Waals surface area contributed by atoms with Crippen LogP contribution in [0.5, 0.6) is 0 Å². The van der Waals surface area contributed by atoms with Crippen molar-refractivity contribution in [3.63, 3.8) is 0 Å². The maximum Gasteiger partial charge on any atom is 0.220 e. The van der Waals surface area contributed by atoms with Gasteiger partial charge in [0.15, 0.2) is 0 Å². The van der Waals surface area contributed by atoms with Gasteiger partial charge in [-0.2, -0.15) is 0 Å². The molecule has 0 radical (unpaired) electrons. The van der Waals surface area contributed by atoms with Crippen LogP contribution in [0.4, 0.5) is 0 Å². The average molecular weight is 662 g/mol. The Morgan fingerprint density at radius 1 is 0.489 bits per heavy atom. The first-order chi connectivity index (χ1) is 23.2. The van der Waals surface area contributed by atoms with Gasteiger partial charge < -0.3 is 15.5 Å². The second kappa shape index (κ2) is 39.3. The normalized spacial score (nSPS) is 13.2. The quantitative estimate of drug-likeness (QED) is 0.0455. The summed E-state index contributed by atoms with van der Waals surface area (Å²) in [5.74, 6) is -0.0681. The molecule has 0 aliphatic rings. The van der Waals surface area contributed by atoms with Gasteiger partial charge in [-0.25, -0.2) is 0 Å². The maximum atomic E-state index is 12.3. The molecule has 0 spiro atoms. The Morgan fingerprint density at radius 3 is 1.17 bits per heavy atom. The van der Waals surface area contributed by atoms with Gasteiger partial charge in [0.2, 0.25) is 5.91 Å². The van der Waals surface area contributed by atoms with Crippen molar-refractivity contribution in [2.75, 3.05) is 6.61 Å². The zero-order chi connectivity index (χ0) is 34.3. The fourth-order valence-electron chi connectivity index (χ4n) is 6.41. The third-order valence-electron chi connectivity index (χ3n) is 9.68. The number of hydrogen-bond donors (Lipinski definition) is 3. The summed E-state index contributed by atoms with van der Waals surface area (Å²) in [6.45, 7) is 4.30. The Balaban J connectivity index is 3.53. The molecule has 0 aliphatic carbocycles. The summed E-state index contributed by atoms with van der Waals surface area (Å²) in [5.41, 5.74) is 0. The molecule has 0 saturated heterocycles. The standard InChI is InChI=1S/C43H83NO3/c1-3-5-7-9-11-13-15-17-18-19-20-21-22-23-24-25-26-27-29-31-33-35-37-39-43(47)44-41(40-45)42(46)38-36-34-32-30-28-16-14-12-10-8-6-4-2/h23-24,36,38,41-42,45-46H,3-22,25-35,37,39-40H2,1-2H3,(H,44,47)/b24-23-,38-36+. The topological polar surface area (TPSA) is 69.6 Å². The van der Waals surface area contributed by atoms with Crippen LogP contribution in [0.1, 0.15) is 226 Å². The summed E-state index contributed by atoms with van der Waals surface area (Å²) in [6.07, 6.45) is 50.0. The highest BCUT2D eigenvalue weighted by molar-refractivity contribution is 5.76. The molecule has 1 amide bonds. The minimum absolute atomic E-state index is 0.0681. The summed E-state index contributed by atoms with van der Waals surface area (Å²) in [6, 6.07) is -0.620. The second-order valence-corrected chi connectivity index (χ2v) is 14.4. The SMILES string of the molecule is CCCCCCCCCCCC/C=C/C(O)C(CO)NC(=O)CCCCCCCCC/C=C\CCCCCCCCCCCCCC. The molecule has 0 rings (SSSR count). The predicted molar refractivity (Wildman–Crippen MR) is 207 cm³/mol. The van der Waals surface area contributed by atoms with Gasteiger partial charge in [0.1, 0.15) is 0 Å². The first-order valence-corrected chi connectivity index (χ1v) is 21.1. The monoisotopic (exact) mass is 662 g/mol. The van der Waals surface area contributed by atoms with Gasteiger partial charge in [0.05, 0.1) is 18.8 Å². The molecule has 0 aromatic rings. The molecule has 0 saturated carbocycles. The van der Waals surface area contributed by atoms with Crippen LogP contribution in [0.25, 0.3) is 0 Å². The Kier molecular flexibility index (Phi) is 38.4. The second-order valence-electron chi connectivity index (χ2n) is 14.4. The molecule has 0 fully saturated rings. The number of unbranched alkanes of at least 4 members (excludes halogenated alkanes) is 29. The molecule has 0 aliphatic heterocycles. The van der Waals surface area contributed by atoms with E-state index >= 15 is 0 Å². The molecule has 2 atom stereocenters. The first-order valence-electron chi connectivity index (χ1n) is 21.1. The highest BCUT2D eigenvalue weighted by Gasteiger charge is 2.17. The molecule has 0 aromatic heterocycles. The van der Waals surface area contributed by atoms with Gasteiger partial charge in [-0.1, -0.05) is 199 Å². The lowest BCUT2D eigenvalue weighted by atomic mass is 10.0. The summed E-state index contributed by atoms with van der Waals surface area (Å²) in [5, 5.41) is 22.9. The lowest BCUT2D eigenvalue weighted by Crippen LogP contribution is -2.45. The van der Waals surface area contributed by atoms with Gasteiger partial charge in [-0.3, -0.25) is 4.79 Å². The third kappa shape index (κ3) is 36.0. The van der Waals surface area contributed by atoms with E-state index in [1.165, 1.54) is 180 Å². The largest absolute Gasteiger partial charge is 0.394 e. The summed E-state index contributed by atoms with van der Waals surface area (Å²) in [7, 11) is 0. The Labute approximate surface area is 294 Å². The molecule has 4 heteroatoms. The molecule has 0 heterocycles. The lowest BCUT2D eigenvalue weighted by Gasteiger charge is -2.20. The number of carbonyl (C=O) groups is 1. The fraction of sp³-hybridized carbons (Fsp3) is 0.884. The van der Waals surface area contributed by atoms with Gasteiger partial charge in [-0.15, -0.1) is 0 Å². The number of amides is 1. The molecular weight excluding hydrogens is 578 g/mol. The van der Waals surface area contributed by atoms with Crippen molar-refractivity contribution in [1.29, 1.82) is 0 Å². The Morgan fingerprint density at radius 2 is 0.809 bits per heavy atom. The molecule has 2 unspecified atom stereocenters.